The van der Waals surface area contributed by atoms with Crippen molar-refractivity contribution < 1.29 is 9.90 Å². The van der Waals surface area contributed by atoms with Gasteiger partial charge in [0.2, 0.25) is 0 Å². The van der Waals surface area contributed by atoms with Crippen LogP contribution in [0.2, 0.25) is 0 Å². The highest BCUT2D eigenvalue weighted by atomic mass is 16.3. The van der Waals surface area contributed by atoms with Gasteiger partial charge in [0.15, 0.2) is 0 Å². The molecule has 0 saturated heterocycles. The van der Waals surface area contributed by atoms with Crippen LogP contribution in [-0.2, 0) is 0 Å². The maximum absolute atomic E-state index is 11.8. The average Bonchev–Trinajstić information content (AvgIpc) is 2.16. The van der Waals surface area contributed by atoms with Crippen LogP contribution in [0.25, 0.3) is 0 Å². The summed E-state index contributed by atoms with van der Waals surface area (Å²) in [4.78, 5) is 11.8. The smallest absolute Gasteiger partial charge is 0.315 e. The molecule has 1 fully saturated rings. The highest BCUT2D eigenvalue weighted by molar-refractivity contribution is 5.75. The van der Waals surface area contributed by atoms with Crippen LogP contribution in [0.4, 0.5) is 4.79 Å². The van der Waals surface area contributed by atoms with E-state index < -0.39 is 11.1 Å². The van der Waals surface area contributed by atoms with Gasteiger partial charge >= 0.3 is 6.03 Å². The Balaban J connectivity index is 2.43. The first-order valence-electron chi connectivity index (χ1n) is 6.53. The number of hydrogen-bond acceptors (Lipinski definition) is 2. The average molecular weight is 242 g/mol. The van der Waals surface area contributed by atoms with Gasteiger partial charge in [0.1, 0.15) is 0 Å². The molecule has 4 nitrogen and oxygen atoms in total. The van der Waals surface area contributed by atoms with E-state index in [2.05, 4.69) is 10.6 Å². The molecule has 0 heterocycles. The molecule has 0 bridgehead atoms. The molecule has 1 saturated carbocycles. The third-order valence-corrected chi connectivity index (χ3v) is 3.90. The lowest BCUT2D eigenvalue weighted by Crippen LogP contribution is -2.60. The van der Waals surface area contributed by atoms with E-state index in [-0.39, 0.29) is 6.03 Å². The summed E-state index contributed by atoms with van der Waals surface area (Å²) in [5, 5.41) is 15.8. The summed E-state index contributed by atoms with van der Waals surface area (Å²) in [5.74, 6) is 0. The molecule has 0 aliphatic heterocycles. The number of hydrogen-bond donors (Lipinski definition) is 3. The maximum atomic E-state index is 11.8. The number of aliphatic hydroxyl groups is 1. The van der Waals surface area contributed by atoms with Crippen LogP contribution in [0.5, 0.6) is 0 Å². The molecule has 0 radical (unpaired) electrons. The highest BCUT2D eigenvalue weighted by Gasteiger charge is 2.36. The third kappa shape index (κ3) is 4.19. The lowest BCUT2D eigenvalue weighted by molar-refractivity contribution is 0.000799. The van der Waals surface area contributed by atoms with Crippen LogP contribution in [0, 0.1) is 0 Å². The van der Waals surface area contributed by atoms with Crippen molar-refractivity contribution in [3.05, 3.63) is 0 Å². The SMILES string of the molecule is CC(C)(O)C(C)(C)NC(=O)NC1CCCCC1. The molecule has 4 heteroatoms. The minimum Gasteiger partial charge on any atom is -0.388 e. The Bertz CT molecular complexity index is 263. The van der Waals surface area contributed by atoms with Crippen molar-refractivity contribution in [3.63, 3.8) is 0 Å². The zero-order valence-electron chi connectivity index (χ0n) is 11.5. The van der Waals surface area contributed by atoms with E-state index in [1.807, 2.05) is 13.8 Å². The van der Waals surface area contributed by atoms with Crippen LogP contribution in [0.3, 0.4) is 0 Å². The van der Waals surface area contributed by atoms with E-state index in [1.54, 1.807) is 13.8 Å². The van der Waals surface area contributed by atoms with Crippen LogP contribution >= 0.6 is 0 Å². The summed E-state index contributed by atoms with van der Waals surface area (Å²) in [5.41, 5.74) is -1.59. The Morgan fingerprint density at radius 2 is 1.65 bits per heavy atom. The molecular weight excluding hydrogens is 216 g/mol. The summed E-state index contributed by atoms with van der Waals surface area (Å²) >= 11 is 0. The van der Waals surface area contributed by atoms with Crippen molar-refractivity contribution in [1.29, 1.82) is 0 Å². The van der Waals surface area contributed by atoms with E-state index in [1.165, 1.54) is 19.3 Å². The fourth-order valence-electron chi connectivity index (χ4n) is 1.91. The lowest BCUT2D eigenvalue weighted by Gasteiger charge is -2.38. The van der Waals surface area contributed by atoms with Gasteiger partial charge in [0.05, 0.1) is 11.1 Å². The normalized spacial score (nSPS) is 18.9. The van der Waals surface area contributed by atoms with Gasteiger partial charge in [0.25, 0.3) is 0 Å². The quantitative estimate of drug-likeness (QED) is 0.710. The molecule has 0 atom stereocenters. The number of urea groups is 1. The number of carbonyl (C=O) groups is 1. The predicted octanol–water partition coefficient (Wildman–Crippen LogP) is 2.17. The summed E-state index contributed by atoms with van der Waals surface area (Å²) in [6.45, 7) is 7.06. The molecule has 2 amide bonds. The van der Waals surface area contributed by atoms with Gasteiger partial charge in [-0.25, -0.2) is 4.79 Å². The van der Waals surface area contributed by atoms with E-state index >= 15 is 0 Å². The molecule has 0 spiro atoms. The second-order valence-electron chi connectivity index (χ2n) is 6.12. The third-order valence-electron chi connectivity index (χ3n) is 3.90. The van der Waals surface area contributed by atoms with Gasteiger partial charge in [-0.3, -0.25) is 0 Å². The Hall–Kier alpha value is -0.770. The number of rotatable bonds is 3. The van der Waals surface area contributed by atoms with Gasteiger partial charge in [-0.05, 0) is 40.5 Å². The molecule has 1 aliphatic rings. The van der Waals surface area contributed by atoms with Gasteiger partial charge in [0, 0.05) is 6.04 Å². The Morgan fingerprint density at radius 1 is 1.12 bits per heavy atom. The molecule has 0 aromatic heterocycles. The van der Waals surface area contributed by atoms with E-state index in [0.717, 1.165) is 12.8 Å². The predicted molar refractivity (Wildman–Crippen MR) is 68.9 cm³/mol. The molecule has 3 N–H and O–H groups in total. The van der Waals surface area contributed by atoms with Crippen molar-refractivity contribution in [1.82, 2.24) is 10.6 Å². The van der Waals surface area contributed by atoms with E-state index in [0.29, 0.717) is 6.04 Å². The fourth-order valence-corrected chi connectivity index (χ4v) is 1.91. The van der Waals surface area contributed by atoms with Crippen molar-refractivity contribution in [3.8, 4) is 0 Å². The molecule has 17 heavy (non-hydrogen) atoms. The molecule has 0 unspecified atom stereocenters. The number of nitrogens with one attached hydrogen (secondary N) is 2. The van der Waals surface area contributed by atoms with Crippen molar-refractivity contribution in [2.45, 2.75) is 77.0 Å². The van der Waals surface area contributed by atoms with Crippen LogP contribution in [0.15, 0.2) is 0 Å². The van der Waals surface area contributed by atoms with E-state index in [9.17, 15) is 9.90 Å². The van der Waals surface area contributed by atoms with Crippen LogP contribution in [-0.4, -0.2) is 28.3 Å². The Morgan fingerprint density at radius 3 is 2.12 bits per heavy atom. The summed E-state index contributed by atoms with van der Waals surface area (Å²) in [6.07, 6.45) is 5.79. The van der Waals surface area contributed by atoms with Crippen molar-refractivity contribution in [2.75, 3.05) is 0 Å². The topological polar surface area (TPSA) is 61.4 Å². The molecule has 0 aromatic carbocycles. The van der Waals surface area contributed by atoms with Crippen molar-refractivity contribution in [2.24, 2.45) is 0 Å². The Kier molecular flexibility index (Phi) is 4.42. The second-order valence-corrected chi connectivity index (χ2v) is 6.12. The van der Waals surface area contributed by atoms with Gasteiger partial charge in [-0.15, -0.1) is 0 Å². The first-order valence-corrected chi connectivity index (χ1v) is 6.53. The lowest BCUT2D eigenvalue weighted by atomic mass is 9.86. The fraction of sp³-hybridized carbons (Fsp3) is 0.923. The summed E-state index contributed by atoms with van der Waals surface area (Å²) < 4.78 is 0. The van der Waals surface area contributed by atoms with Gasteiger partial charge < -0.3 is 15.7 Å². The van der Waals surface area contributed by atoms with Crippen LogP contribution < -0.4 is 10.6 Å². The minimum absolute atomic E-state index is 0.177. The zero-order chi connectivity index (χ0) is 13.1. The first kappa shape index (κ1) is 14.3. The van der Waals surface area contributed by atoms with Crippen LogP contribution in [0.1, 0.15) is 59.8 Å². The summed E-state index contributed by atoms with van der Waals surface area (Å²) in [7, 11) is 0. The molecule has 1 aliphatic carbocycles. The number of carbonyl (C=O) groups excluding carboxylic acids is 1. The highest BCUT2D eigenvalue weighted by Crippen LogP contribution is 2.21. The second kappa shape index (κ2) is 5.25. The number of amides is 2. The molecule has 100 valence electrons. The zero-order valence-corrected chi connectivity index (χ0v) is 11.5. The standard InChI is InChI=1S/C13H26N2O2/c1-12(2,13(3,4)17)15-11(16)14-10-8-6-5-7-9-10/h10,17H,5-9H2,1-4H3,(H2,14,15,16). The van der Waals surface area contributed by atoms with Gasteiger partial charge in [-0.2, -0.15) is 0 Å². The van der Waals surface area contributed by atoms with Gasteiger partial charge in [-0.1, -0.05) is 19.3 Å². The maximum Gasteiger partial charge on any atom is 0.315 e. The Labute approximate surface area is 104 Å². The largest absolute Gasteiger partial charge is 0.388 e. The minimum atomic E-state index is -0.948. The first-order chi connectivity index (χ1) is 7.72. The molecule has 1 rings (SSSR count). The molecule has 0 aromatic rings. The molecular formula is C13H26N2O2. The summed E-state index contributed by atoms with van der Waals surface area (Å²) in [6, 6.07) is 0.116. The monoisotopic (exact) mass is 242 g/mol. The van der Waals surface area contributed by atoms with E-state index in [4.69, 9.17) is 0 Å². The van der Waals surface area contributed by atoms with Crippen molar-refractivity contribution >= 4 is 6.03 Å².